The molecule has 0 aromatic carbocycles. The van der Waals surface area contributed by atoms with Crippen LogP contribution in [0.15, 0.2) is 24.5 Å². The van der Waals surface area contributed by atoms with Crippen LogP contribution >= 0.6 is 0 Å². The van der Waals surface area contributed by atoms with E-state index < -0.39 is 0 Å². The highest BCUT2D eigenvalue weighted by Gasteiger charge is 2.07. The lowest BCUT2D eigenvalue weighted by molar-refractivity contribution is -0.104. The first kappa shape index (κ1) is 11.4. The molecule has 0 saturated heterocycles. The number of pyridine rings is 1. The van der Waals surface area contributed by atoms with E-state index in [4.69, 9.17) is 0 Å². The van der Waals surface area contributed by atoms with E-state index in [1.807, 2.05) is 25.1 Å². The minimum atomic E-state index is 0.807. The molecule has 1 aromatic rings. The molecule has 3 nitrogen and oxygen atoms in total. The highest BCUT2D eigenvalue weighted by molar-refractivity contribution is 5.81. The minimum Gasteiger partial charge on any atom is -0.377 e. The third-order valence-electron chi connectivity index (χ3n) is 2.28. The molecule has 80 valence electrons. The molecular weight excluding hydrogens is 188 g/mol. The Bertz CT molecular complexity index is 370. The van der Waals surface area contributed by atoms with Gasteiger partial charge in [-0.05, 0) is 18.1 Å². The number of aromatic nitrogens is 1. The Morgan fingerprint density at radius 1 is 1.53 bits per heavy atom. The number of rotatable bonds is 4. The standard InChI is InChI=1S/C12H16N2O/c1-4-10-5-7-13-9-11(10)12(6-8-15)14(2)3/h5-9H,4H2,1-3H3. The van der Waals surface area contributed by atoms with Gasteiger partial charge in [-0.1, -0.05) is 6.92 Å². The summed E-state index contributed by atoms with van der Waals surface area (Å²) in [5, 5.41) is 0. The molecule has 0 amide bonds. The molecule has 0 aliphatic rings. The van der Waals surface area contributed by atoms with Gasteiger partial charge in [-0.2, -0.15) is 0 Å². The van der Waals surface area contributed by atoms with E-state index in [-0.39, 0.29) is 0 Å². The maximum Gasteiger partial charge on any atom is 0.144 e. The Morgan fingerprint density at radius 2 is 2.27 bits per heavy atom. The largest absolute Gasteiger partial charge is 0.377 e. The first-order valence-corrected chi connectivity index (χ1v) is 4.96. The van der Waals surface area contributed by atoms with Crippen molar-refractivity contribution in [3.05, 3.63) is 35.7 Å². The minimum absolute atomic E-state index is 0.807. The number of hydrogen-bond acceptors (Lipinski definition) is 3. The van der Waals surface area contributed by atoms with E-state index >= 15 is 0 Å². The van der Waals surface area contributed by atoms with Crippen LogP contribution in [0.4, 0.5) is 0 Å². The predicted molar refractivity (Wildman–Crippen MR) is 61.3 cm³/mol. The van der Waals surface area contributed by atoms with Gasteiger partial charge >= 0.3 is 0 Å². The second-order valence-electron chi connectivity index (χ2n) is 3.47. The zero-order chi connectivity index (χ0) is 11.3. The lowest BCUT2D eigenvalue weighted by Crippen LogP contribution is -2.12. The average Bonchev–Trinajstić information content (AvgIpc) is 2.25. The maximum atomic E-state index is 10.6. The monoisotopic (exact) mass is 204 g/mol. The highest BCUT2D eigenvalue weighted by Crippen LogP contribution is 2.19. The van der Waals surface area contributed by atoms with Gasteiger partial charge in [0, 0.05) is 43.8 Å². The number of carbonyl (C=O) groups is 1. The van der Waals surface area contributed by atoms with Crippen LogP contribution in [-0.4, -0.2) is 30.3 Å². The number of aldehydes is 1. The second-order valence-corrected chi connectivity index (χ2v) is 3.47. The normalized spacial score (nSPS) is 11.3. The average molecular weight is 204 g/mol. The lowest BCUT2D eigenvalue weighted by Gasteiger charge is -2.18. The van der Waals surface area contributed by atoms with Crippen molar-refractivity contribution in [3.8, 4) is 0 Å². The van der Waals surface area contributed by atoms with Crippen molar-refractivity contribution >= 4 is 12.0 Å². The Hall–Kier alpha value is -1.64. The van der Waals surface area contributed by atoms with Crippen molar-refractivity contribution in [2.75, 3.05) is 14.1 Å². The van der Waals surface area contributed by atoms with Crippen molar-refractivity contribution in [2.24, 2.45) is 0 Å². The summed E-state index contributed by atoms with van der Waals surface area (Å²) in [5.41, 5.74) is 3.12. The zero-order valence-corrected chi connectivity index (χ0v) is 9.40. The molecule has 1 rings (SSSR count). The smallest absolute Gasteiger partial charge is 0.144 e. The van der Waals surface area contributed by atoms with Crippen LogP contribution in [-0.2, 0) is 11.2 Å². The molecule has 0 N–H and O–H groups in total. The van der Waals surface area contributed by atoms with E-state index in [1.54, 1.807) is 18.5 Å². The van der Waals surface area contributed by atoms with Crippen LogP contribution in [0.2, 0.25) is 0 Å². The van der Waals surface area contributed by atoms with Crippen LogP contribution in [0, 0.1) is 0 Å². The van der Waals surface area contributed by atoms with Crippen LogP contribution < -0.4 is 0 Å². The van der Waals surface area contributed by atoms with Gasteiger partial charge in [-0.3, -0.25) is 9.78 Å². The number of nitrogens with zero attached hydrogens (tertiary/aromatic N) is 2. The predicted octanol–water partition coefficient (Wildman–Crippen LogP) is 1.75. The van der Waals surface area contributed by atoms with Crippen molar-refractivity contribution in [3.63, 3.8) is 0 Å². The van der Waals surface area contributed by atoms with Gasteiger partial charge in [0.1, 0.15) is 6.29 Å². The molecule has 1 aromatic heterocycles. The van der Waals surface area contributed by atoms with E-state index in [1.165, 1.54) is 5.56 Å². The van der Waals surface area contributed by atoms with Gasteiger partial charge < -0.3 is 4.90 Å². The van der Waals surface area contributed by atoms with Crippen molar-refractivity contribution in [1.29, 1.82) is 0 Å². The fourth-order valence-electron chi connectivity index (χ4n) is 1.51. The third kappa shape index (κ3) is 2.65. The van der Waals surface area contributed by atoms with Gasteiger partial charge in [-0.25, -0.2) is 0 Å². The summed E-state index contributed by atoms with van der Waals surface area (Å²) < 4.78 is 0. The first-order valence-electron chi connectivity index (χ1n) is 4.96. The summed E-state index contributed by atoms with van der Waals surface area (Å²) in [4.78, 5) is 16.6. The van der Waals surface area contributed by atoms with Crippen molar-refractivity contribution < 1.29 is 4.79 Å². The second kappa shape index (κ2) is 5.29. The number of carbonyl (C=O) groups excluding carboxylic acids is 1. The van der Waals surface area contributed by atoms with Crippen LogP contribution in [0.3, 0.4) is 0 Å². The number of aryl methyl sites for hydroxylation is 1. The molecule has 0 bridgehead atoms. The van der Waals surface area contributed by atoms with Gasteiger partial charge in [-0.15, -0.1) is 0 Å². The fraction of sp³-hybridized carbons (Fsp3) is 0.333. The summed E-state index contributed by atoms with van der Waals surface area (Å²) in [5.74, 6) is 0. The van der Waals surface area contributed by atoms with Gasteiger partial charge in [0.15, 0.2) is 0 Å². The van der Waals surface area contributed by atoms with Gasteiger partial charge in [0.2, 0.25) is 0 Å². The SMILES string of the molecule is CCc1ccncc1C(=CC=O)N(C)C. The van der Waals surface area contributed by atoms with Crippen molar-refractivity contribution in [1.82, 2.24) is 9.88 Å². The topological polar surface area (TPSA) is 33.2 Å². The van der Waals surface area contributed by atoms with E-state index in [0.29, 0.717) is 0 Å². The summed E-state index contributed by atoms with van der Waals surface area (Å²) in [7, 11) is 3.84. The van der Waals surface area contributed by atoms with Crippen LogP contribution in [0.25, 0.3) is 5.70 Å². The van der Waals surface area contributed by atoms with Crippen LogP contribution in [0.1, 0.15) is 18.1 Å². The Morgan fingerprint density at radius 3 is 2.80 bits per heavy atom. The molecule has 15 heavy (non-hydrogen) atoms. The third-order valence-corrected chi connectivity index (χ3v) is 2.28. The molecule has 0 unspecified atom stereocenters. The maximum absolute atomic E-state index is 10.6. The Kier molecular flexibility index (Phi) is 4.03. The Balaban J connectivity index is 3.22. The van der Waals surface area contributed by atoms with E-state index in [2.05, 4.69) is 11.9 Å². The molecular formula is C12H16N2O. The molecule has 0 aliphatic carbocycles. The summed E-state index contributed by atoms with van der Waals surface area (Å²) in [6.07, 6.45) is 6.88. The molecule has 0 radical (unpaired) electrons. The fourth-order valence-corrected chi connectivity index (χ4v) is 1.51. The summed E-state index contributed by atoms with van der Waals surface area (Å²) >= 11 is 0. The van der Waals surface area contributed by atoms with Gasteiger partial charge in [0.25, 0.3) is 0 Å². The van der Waals surface area contributed by atoms with Crippen molar-refractivity contribution in [2.45, 2.75) is 13.3 Å². The zero-order valence-electron chi connectivity index (χ0n) is 9.40. The molecule has 0 atom stereocenters. The molecule has 0 saturated carbocycles. The first-order chi connectivity index (χ1) is 7.20. The number of allylic oxidation sites excluding steroid dienone is 1. The number of hydrogen-bond donors (Lipinski definition) is 0. The van der Waals surface area contributed by atoms with E-state index in [0.717, 1.165) is 24.0 Å². The molecule has 3 heteroatoms. The molecule has 1 heterocycles. The van der Waals surface area contributed by atoms with Crippen LogP contribution in [0.5, 0.6) is 0 Å². The van der Waals surface area contributed by atoms with E-state index in [9.17, 15) is 4.79 Å². The van der Waals surface area contributed by atoms with Gasteiger partial charge in [0.05, 0.1) is 0 Å². The molecule has 0 fully saturated rings. The lowest BCUT2D eigenvalue weighted by atomic mass is 10.0. The highest BCUT2D eigenvalue weighted by atomic mass is 16.1. The molecule has 0 aliphatic heterocycles. The quantitative estimate of drug-likeness (QED) is 0.553. The summed E-state index contributed by atoms with van der Waals surface area (Å²) in [6, 6.07) is 1.98. The Labute approximate surface area is 90.4 Å². The summed E-state index contributed by atoms with van der Waals surface area (Å²) in [6.45, 7) is 2.09. The molecule has 0 spiro atoms.